The number of hydrogen-bond donors (Lipinski definition) is 1. The average molecular weight is 482 g/mol. The van der Waals surface area contributed by atoms with Gasteiger partial charge in [-0.25, -0.2) is 14.9 Å². The summed E-state index contributed by atoms with van der Waals surface area (Å²) in [5.41, 5.74) is 3.85. The number of ether oxygens (including phenoxy) is 3. The smallest absolute Gasteiger partial charge is 0.341 e. The Morgan fingerprint density at radius 2 is 1.81 bits per heavy atom. The van der Waals surface area contributed by atoms with Gasteiger partial charge in [-0.3, -0.25) is 0 Å². The lowest BCUT2D eigenvalue weighted by Gasteiger charge is -2.13. The van der Waals surface area contributed by atoms with Gasteiger partial charge in [0.25, 0.3) is 0 Å². The van der Waals surface area contributed by atoms with E-state index >= 15 is 0 Å². The monoisotopic (exact) mass is 481 g/mol. The molecule has 0 atom stereocenters. The first kappa shape index (κ1) is 23.0. The van der Waals surface area contributed by atoms with Gasteiger partial charge < -0.3 is 14.2 Å². The van der Waals surface area contributed by atoms with E-state index in [1.165, 1.54) is 7.11 Å². The number of hydrogen-bond acceptors (Lipinski definition) is 8. The third-order valence-corrected chi connectivity index (χ3v) is 5.55. The second-order valence-corrected chi connectivity index (χ2v) is 8.07. The normalized spacial score (nSPS) is 10.8. The molecule has 36 heavy (non-hydrogen) atoms. The van der Waals surface area contributed by atoms with Crippen molar-refractivity contribution < 1.29 is 19.0 Å². The number of rotatable bonds is 9. The molecule has 0 aliphatic heterocycles. The van der Waals surface area contributed by atoms with Crippen molar-refractivity contribution in [2.24, 2.45) is 0 Å². The second-order valence-electron chi connectivity index (χ2n) is 8.07. The third-order valence-electron chi connectivity index (χ3n) is 5.55. The Bertz CT molecular complexity index is 1490. The number of pyridine rings is 1. The van der Waals surface area contributed by atoms with Gasteiger partial charge in [0.1, 0.15) is 30.3 Å². The zero-order valence-electron chi connectivity index (χ0n) is 19.5. The third kappa shape index (κ3) is 5.47. The maximum absolute atomic E-state index is 12.4. The van der Waals surface area contributed by atoms with E-state index in [1.54, 1.807) is 12.1 Å². The molecule has 9 heteroatoms. The topological polar surface area (TPSA) is 112 Å². The van der Waals surface area contributed by atoms with E-state index in [-0.39, 0.29) is 6.61 Å². The summed E-state index contributed by atoms with van der Waals surface area (Å²) in [6, 6.07) is 24.9. The summed E-state index contributed by atoms with van der Waals surface area (Å²) in [6.45, 7) is 0.602. The first-order valence-corrected chi connectivity index (χ1v) is 11.3. The van der Waals surface area contributed by atoms with E-state index in [0.717, 1.165) is 27.7 Å². The predicted molar refractivity (Wildman–Crippen MR) is 132 cm³/mol. The molecule has 0 bridgehead atoms. The molecule has 0 spiro atoms. The molecule has 0 unspecified atom stereocenters. The molecular weight excluding hydrogens is 458 g/mol. The van der Waals surface area contributed by atoms with Crippen molar-refractivity contribution in [2.45, 2.75) is 19.6 Å². The van der Waals surface area contributed by atoms with Crippen LogP contribution in [-0.2, 0) is 24.4 Å². The number of H-pyrrole nitrogens is 1. The van der Waals surface area contributed by atoms with E-state index in [2.05, 4.69) is 25.6 Å². The van der Waals surface area contributed by atoms with Gasteiger partial charge in [-0.05, 0) is 58.0 Å². The largest absolute Gasteiger partial charge is 0.488 e. The molecule has 0 aliphatic carbocycles. The van der Waals surface area contributed by atoms with Gasteiger partial charge >= 0.3 is 5.97 Å². The summed E-state index contributed by atoms with van der Waals surface area (Å²) in [5.74, 6) is 1.24. The highest BCUT2D eigenvalue weighted by atomic mass is 16.5. The quantitative estimate of drug-likeness (QED) is 0.311. The van der Waals surface area contributed by atoms with Crippen LogP contribution < -0.4 is 9.47 Å². The maximum Gasteiger partial charge on any atom is 0.341 e. The summed E-state index contributed by atoms with van der Waals surface area (Å²) in [6.07, 6.45) is 0.447. The summed E-state index contributed by atoms with van der Waals surface area (Å²) in [4.78, 5) is 17.0. The standard InChI is InChI=1S/C27H23N5O4/c1-34-27(33)23-14-18(15-26-29-31-32-30-26)9-12-25(23)36-16-19-5-4-7-22(13-19)35-17-21-11-10-20-6-2-3-8-24(20)28-21/h2-14H,15-17H2,1H3,(H,29,30,31,32). The first-order chi connectivity index (χ1) is 17.7. The van der Waals surface area contributed by atoms with Crippen molar-refractivity contribution in [1.82, 2.24) is 25.6 Å². The van der Waals surface area contributed by atoms with Crippen LogP contribution in [0.4, 0.5) is 0 Å². The molecule has 9 nitrogen and oxygen atoms in total. The number of benzene rings is 3. The molecule has 180 valence electrons. The van der Waals surface area contributed by atoms with Crippen LogP contribution in [0.25, 0.3) is 10.9 Å². The lowest BCUT2D eigenvalue weighted by atomic mass is 10.1. The van der Waals surface area contributed by atoms with Crippen molar-refractivity contribution in [1.29, 1.82) is 0 Å². The number of aromatic nitrogens is 5. The molecule has 5 rings (SSSR count). The van der Waals surface area contributed by atoms with Gasteiger partial charge in [0.15, 0.2) is 5.82 Å². The Hall–Kier alpha value is -4.79. The zero-order chi connectivity index (χ0) is 24.7. The average Bonchev–Trinajstić information content (AvgIpc) is 3.44. The number of esters is 1. The van der Waals surface area contributed by atoms with E-state index in [1.807, 2.05) is 66.7 Å². The van der Waals surface area contributed by atoms with Crippen molar-refractivity contribution in [3.63, 3.8) is 0 Å². The fourth-order valence-corrected chi connectivity index (χ4v) is 3.76. The van der Waals surface area contributed by atoms with Crippen molar-refractivity contribution in [2.75, 3.05) is 7.11 Å². The highest BCUT2D eigenvalue weighted by Crippen LogP contribution is 2.24. The molecule has 0 radical (unpaired) electrons. The zero-order valence-corrected chi connectivity index (χ0v) is 19.5. The molecule has 0 saturated carbocycles. The van der Waals surface area contributed by atoms with Gasteiger partial charge in [0, 0.05) is 11.8 Å². The number of para-hydroxylation sites is 1. The molecule has 5 aromatic rings. The van der Waals surface area contributed by atoms with Crippen LogP contribution in [-0.4, -0.2) is 38.7 Å². The number of aromatic amines is 1. The second kappa shape index (κ2) is 10.6. The SMILES string of the molecule is COC(=O)c1cc(Cc2nnn[nH]2)ccc1OCc1cccc(OCc2ccc3ccccc3n2)c1. The van der Waals surface area contributed by atoms with Crippen molar-refractivity contribution in [3.8, 4) is 11.5 Å². The molecule has 2 aromatic heterocycles. The summed E-state index contributed by atoms with van der Waals surface area (Å²) < 4.78 is 16.9. The molecule has 2 heterocycles. The highest BCUT2D eigenvalue weighted by molar-refractivity contribution is 5.92. The van der Waals surface area contributed by atoms with E-state index < -0.39 is 5.97 Å². The van der Waals surface area contributed by atoms with Crippen LogP contribution in [0.3, 0.4) is 0 Å². The van der Waals surface area contributed by atoms with Crippen LogP contribution in [0, 0.1) is 0 Å². The van der Waals surface area contributed by atoms with Gasteiger partial charge in [0.05, 0.1) is 18.3 Å². The molecule has 3 aromatic carbocycles. The molecule has 0 fully saturated rings. The maximum atomic E-state index is 12.4. The van der Waals surface area contributed by atoms with E-state index in [0.29, 0.717) is 35.9 Å². The summed E-state index contributed by atoms with van der Waals surface area (Å²) in [5, 5.41) is 14.8. The Morgan fingerprint density at radius 1 is 0.889 bits per heavy atom. The first-order valence-electron chi connectivity index (χ1n) is 11.3. The molecule has 0 aliphatic rings. The Balaban J connectivity index is 1.25. The van der Waals surface area contributed by atoms with Crippen molar-refractivity contribution >= 4 is 16.9 Å². The number of methoxy groups -OCH3 is 1. The molecular formula is C27H23N5O4. The molecule has 0 amide bonds. The minimum Gasteiger partial charge on any atom is -0.488 e. The number of carbonyl (C=O) groups excluding carboxylic acids is 1. The minimum atomic E-state index is -0.484. The summed E-state index contributed by atoms with van der Waals surface area (Å²) >= 11 is 0. The van der Waals surface area contributed by atoms with Gasteiger partial charge in [0.2, 0.25) is 0 Å². The fourth-order valence-electron chi connectivity index (χ4n) is 3.76. The number of nitrogens with zero attached hydrogens (tertiary/aromatic N) is 4. The predicted octanol–water partition coefficient (Wildman–Crippen LogP) is 4.28. The van der Waals surface area contributed by atoms with Crippen LogP contribution in [0.1, 0.15) is 33.0 Å². The number of fused-ring (bicyclic) bond motifs is 1. The van der Waals surface area contributed by atoms with Crippen LogP contribution in [0.15, 0.2) is 78.9 Å². The number of tetrazole rings is 1. The van der Waals surface area contributed by atoms with E-state index in [9.17, 15) is 4.79 Å². The molecule has 0 saturated heterocycles. The number of carbonyl (C=O) groups is 1. The van der Waals surface area contributed by atoms with Crippen LogP contribution in [0.2, 0.25) is 0 Å². The lowest BCUT2D eigenvalue weighted by Crippen LogP contribution is -2.07. The van der Waals surface area contributed by atoms with Gasteiger partial charge in [-0.2, -0.15) is 0 Å². The van der Waals surface area contributed by atoms with Gasteiger partial charge in [-0.15, -0.1) is 5.10 Å². The van der Waals surface area contributed by atoms with E-state index in [4.69, 9.17) is 14.2 Å². The Morgan fingerprint density at radius 3 is 2.67 bits per heavy atom. The van der Waals surface area contributed by atoms with Gasteiger partial charge in [-0.1, -0.05) is 42.5 Å². The molecule has 1 N–H and O–H groups in total. The fraction of sp³-hybridized carbons (Fsp3) is 0.148. The lowest BCUT2D eigenvalue weighted by molar-refractivity contribution is 0.0595. The Kier molecular flexibility index (Phi) is 6.79. The van der Waals surface area contributed by atoms with Crippen LogP contribution >= 0.6 is 0 Å². The highest BCUT2D eigenvalue weighted by Gasteiger charge is 2.15. The minimum absolute atomic E-state index is 0.251. The van der Waals surface area contributed by atoms with Crippen molar-refractivity contribution in [3.05, 3.63) is 107 Å². The summed E-state index contributed by atoms with van der Waals surface area (Å²) in [7, 11) is 1.34. The Labute approximate surface area is 207 Å². The van der Waals surface area contributed by atoms with Crippen LogP contribution in [0.5, 0.6) is 11.5 Å². The number of nitrogens with one attached hydrogen (secondary N) is 1.